The van der Waals surface area contributed by atoms with Crippen LogP contribution in [0.25, 0.3) is 6.08 Å². The number of thiocarbonyl (C=S) groups is 1. The van der Waals surface area contributed by atoms with Crippen molar-refractivity contribution >= 4 is 51.9 Å². The smallest absolute Gasteiger partial charge is 0.303 e. The summed E-state index contributed by atoms with van der Waals surface area (Å²) in [6, 6.07) is 6.10. The van der Waals surface area contributed by atoms with Gasteiger partial charge in [-0.25, -0.2) is 0 Å². The molecule has 2 rings (SSSR count). The number of rotatable bonds is 6. The van der Waals surface area contributed by atoms with E-state index in [2.05, 4.69) is 0 Å². The average molecular weight is 352 g/mol. The van der Waals surface area contributed by atoms with Crippen LogP contribution in [0.2, 0.25) is 0 Å². The first-order valence-electron chi connectivity index (χ1n) is 6.60. The van der Waals surface area contributed by atoms with Crippen molar-refractivity contribution in [3.8, 4) is 0 Å². The first-order chi connectivity index (χ1) is 10.9. The van der Waals surface area contributed by atoms with E-state index in [1.54, 1.807) is 18.2 Å². The van der Waals surface area contributed by atoms with E-state index in [4.69, 9.17) is 17.3 Å². The van der Waals surface area contributed by atoms with E-state index in [1.165, 1.54) is 17.0 Å². The molecule has 120 valence electrons. The second kappa shape index (κ2) is 7.34. The molecule has 0 spiro atoms. The molecule has 0 saturated carbocycles. The zero-order chi connectivity index (χ0) is 17.0. The minimum atomic E-state index is -0.939. The second-order valence-electron chi connectivity index (χ2n) is 4.65. The molecule has 1 aromatic rings. The van der Waals surface area contributed by atoms with Crippen LogP contribution in [0.4, 0.5) is 5.69 Å². The Morgan fingerprint density at radius 3 is 2.78 bits per heavy atom. The molecular formula is C14H12N2O5S2. The highest BCUT2D eigenvalue weighted by atomic mass is 32.2. The number of carbonyl (C=O) groups excluding carboxylic acids is 1. The first kappa shape index (κ1) is 17.1. The van der Waals surface area contributed by atoms with E-state index in [0.717, 1.165) is 11.8 Å². The third kappa shape index (κ3) is 4.14. The van der Waals surface area contributed by atoms with Crippen LogP contribution in [-0.2, 0) is 9.59 Å². The molecule has 23 heavy (non-hydrogen) atoms. The average Bonchev–Trinajstić information content (AvgIpc) is 2.74. The Morgan fingerprint density at radius 1 is 1.43 bits per heavy atom. The predicted molar refractivity (Wildman–Crippen MR) is 89.8 cm³/mol. The van der Waals surface area contributed by atoms with Crippen LogP contribution in [0, 0.1) is 10.1 Å². The van der Waals surface area contributed by atoms with Crippen molar-refractivity contribution in [2.75, 3.05) is 6.54 Å². The Hall–Kier alpha value is -2.26. The van der Waals surface area contributed by atoms with Gasteiger partial charge in [-0.3, -0.25) is 24.6 Å². The summed E-state index contributed by atoms with van der Waals surface area (Å²) < 4.78 is 0.324. The van der Waals surface area contributed by atoms with Crippen molar-refractivity contribution in [3.63, 3.8) is 0 Å². The van der Waals surface area contributed by atoms with Gasteiger partial charge in [-0.2, -0.15) is 0 Å². The Labute approximate surface area is 141 Å². The van der Waals surface area contributed by atoms with E-state index in [9.17, 15) is 19.7 Å². The number of thioether (sulfide) groups is 1. The number of nitro benzene ring substituents is 1. The van der Waals surface area contributed by atoms with Gasteiger partial charge in [0.25, 0.3) is 11.6 Å². The zero-order valence-corrected chi connectivity index (χ0v) is 13.4. The third-order valence-electron chi connectivity index (χ3n) is 3.07. The number of carboxylic acid groups (broad SMARTS) is 1. The number of nitrogens with zero attached hydrogens (tertiary/aromatic N) is 2. The quantitative estimate of drug-likeness (QED) is 0.363. The molecule has 0 unspecified atom stereocenters. The lowest BCUT2D eigenvalue weighted by Gasteiger charge is -2.13. The number of para-hydroxylation sites is 1. The molecule has 1 amide bonds. The summed E-state index contributed by atoms with van der Waals surface area (Å²) in [6.07, 6.45) is 1.68. The van der Waals surface area contributed by atoms with Crippen LogP contribution in [0.15, 0.2) is 29.2 Å². The lowest BCUT2D eigenvalue weighted by Crippen LogP contribution is -2.29. The Morgan fingerprint density at radius 2 is 2.13 bits per heavy atom. The molecule has 1 aliphatic heterocycles. The summed E-state index contributed by atoms with van der Waals surface area (Å²) in [5.41, 5.74) is 0.229. The summed E-state index contributed by atoms with van der Waals surface area (Å²) in [5, 5.41) is 19.6. The van der Waals surface area contributed by atoms with Crippen LogP contribution in [-0.4, -0.2) is 37.7 Å². The van der Waals surface area contributed by atoms with Gasteiger partial charge in [0.2, 0.25) is 0 Å². The lowest BCUT2D eigenvalue weighted by atomic mass is 10.1. The number of carboxylic acids is 1. The summed E-state index contributed by atoms with van der Waals surface area (Å²) in [5.74, 6) is -1.30. The fourth-order valence-electron chi connectivity index (χ4n) is 2.00. The van der Waals surface area contributed by atoms with Crippen molar-refractivity contribution in [1.29, 1.82) is 0 Å². The molecule has 1 aromatic carbocycles. The molecule has 9 heteroatoms. The number of aliphatic carboxylic acids is 1. The minimum Gasteiger partial charge on any atom is -0.481 e. The maximum absolute atomic E-state index is 12.3. The minimum absolute atomic E-state index is 0.0553. The van der Waals surface area contributed by atoms with Crippen molar-refractivity contribution in [2.24, 2.45) is 0 Å². The topological polar surface area (TPSA) is 101 Å². The fraction of sp³-hybridized carbons (Fsp3) is 0.214. The molecule has 0 bridgehead atoms. The maximum atomic E-state index is 12.3. The van der Waals surface area contributed by atoms with E-state index in [-0.39, 0.29) is 24.6 Å². The number of carbonyl (C=O) groups is 2. The van der Waals surface area contributed by atoms with Crippen molar-refractivity contribution < 1.29 is 19.6 Å². The largest absolute Gasteiger partial charge is 0.481 e. The third-order valence-corrected chi connectivity index (χ3v) is 4.44. The molecule has 0 aliphatic carbocycles. The summed E-state index contributed by atoms with van der Waals surface area (Å²) in [6.45, 7) is 0.213. The van der Waals surface area contributed by atoms with Gasteiger partial charge in [0.15, 0.2) is 0 Å². The van der Waals surface area contributed by atoms with Gasteiger partial charge < -0.3 is 5.11 Å². The summed E-state index contributed by atoms with van der Waals surface area (Å²) in [7, 11) is 0. The van der Waals surface area contributed by atoms with Crippen molar-refractivity contribution in [2.45, 2.75) is 12.8 Å². The van der Waals surface area contributed by atoms with E-state index >= 15 is 0 Å². The molecule has 1 aliphatic rings. The Bertz CT molecular complexity index is 717. The standard InChI is InChI=1S/C14H12N2O5S2/c17-12(18)6-3-7-15-13(19)11(23-14(15)22)8-9-4-1-2-5-10(9)16(20)21/h1-2,4-5,8H,3,6-7H2,(H,17,18)/b11-8+. The van der Waals surface area contributed by atoms with E-state index in [0.29, 0.717) is 21.2 Å². The van der Waals surface area contributed by atoms with Gasteiger partial charge in [-0.1, -0.05) is 36.1 Å². The molecule has 0 radical (unpaired) electrons. The molecule has 7 nitrogen and oxygen atoms in total. The van der Waals surface area contributed by atoms with Crippen molar-refractivity contribution in [1.82, 2.24) is 4.90 Å². The molecule has 1 saturated heterocycles. The highest BCUT2D eigenvalue weighted by Gasteiger charge is 2.32. The molecule has 1 fully saturated rings. The van der Waals surface area contributed by atoms with Crippen LogP contribution in [0.5, 0.6) is 0 Å². The van der Waals surface area contributed by atoms with Gasteiger partial charge >= 0.3 is 5.97 Å². The predicted octanol–water partition coefficient (Wildman–Crippen LogP) is 2.66. The summed E-state index contributed by atoms with van der Waals surface area (Å²) >= 11 is 6.17. The van der Waals surface area contributed by atoms with Gasteiger partial charge in [0, 0.05) is 19.0 Å². The highest BCUT2D eigenvalue weighted by Crippen LogP contribution is 2.34. The van der Waals surface area contributed by atoms with E-state index in [1.807, 2.05) is 0 Å². The van der Waals surface area contributed by atoms with Gasteiger partial charge in [-0.15, -0.1) is 0 Å². The number of amides is 1. The Kier molecular flexibility index (Phi) is 5.45. The van der Waals surface area contributed by atoms with Crippen molar-refractivity contribution in [3.05, 3.63) is 44.8 Å². The second-order valence-corrected chi connectivity index (χ2v) is 6.32. The molecule has 0 atom stereocenters. The zero-order valence-electron chi connectivity index (χ0n) is 11.8. The molecule has 1 heterocycles. The number of nitro groups is 1. The summed E-state index contributed by atoms with van der Waals surface area (Å²) in [4.78, 5) is 34.9. The first-order valence-corrected chi connectivity index (χ1v) is 7.83. The monoisotopic (exact) mass is 352 g/mol. The maximum Gasteiger partial charge on any atom is 0.303 e. The van der Waals surface area contributed by atoms with Gasteiger partial charge in [0.1, 0.15) is 4.32 Å². The molecular weight excluding hydrogens is 340 g/mol. The highest BCUT2D eigenvalue weighted by molar-refractivity contribution is 8.26. The lowest BCUT2D eigenvalue weighted by molar-refractivity contribution is -0.385. The van der Waals surface area contributed by atoms with Gasteiger partial charge in [0.05, 0.1) is 15.4 Å². The van der Waals surface area contributed by atoms with Crippen LogP contribution in [0.1, 0.15) is 18.4 Å². The van der Waals surface area contributed by atoms with Gasteiger partial charge in [-0.05, 0) is 18.6 Å². The normalized spacial score (nSPS) is 16.2. The number of hydrogen-bond donors (Lipinski definition) is 1. The number of hydrogen-bond acceptors (Lipinski definition) is 6. The molecule has 0 aromatic heterocycles. The fourth-order valence-corrected chi connectivity index (χ4v) is 3.30. The van der Waals surface area contributed by atoms with Crippen LogP contribution in [0.3, 0.4) is 0 Å². The molecule has 1 N–H and O–H groups in total. The number of benzene rings is 1. The van der Waals surface area contributed by atoms with Crippen LogP contribution < -0.4 is 0 Å². The van der Waals surface area contributed by atoms with E-state index < -0.39 is 10.9 Å². The Balaban J connectivity index is 2.19. The SMILES string of the molecule is O=C(O)CCCN1C(=O)/C(=C\c2ccccc2[N+](=O)[O-])SC1=S. The van der Waals surface area contributed by atoms with Crippen LogP contribution >= 0.6 is 24.0 Å².